The van der Waals surface area contributed by atoms with Gasteiger partial charge in [0.15, 0.2) is 0 Å². The van der Waals surface area contributed by atoms with Crippen LogP contribution in [-0.2, 0) is 0 Å². The van der Waals surface area contributed by atoms with Gasteiger partial charge in [-0.1, -0.05) is 65.3 Å². The second-order valence-electron chi connectivity index (χ2n) is 8.01. The molecule has 1 nitrogen and oxygen atoms in total. The molecule has 154 valence electrons. The van der Waals surface area contributed by atoms with Crippen molar-refractivity contribution in [2.45, 2.75) is 69.4 Å². The highest BCUT2D eigenvalue weighted by molar-refractivity contribution is 8.00. The first-order valence-electron chi connectivity index (χ1n) is 10.4. The summed E-state index contributed by atoms with van der Waals surface area (Å²) in [5.41, 5.74) is 4.64. The zero-order chi connectivity index (χ0) is 20.7. The lowest BCUT2D eigenvalue weighted by Gasteiger charge is -2.29. The van der Waals surface area contributed by atoms with E-state index in [-0.39, 0.29) is 0 Å². The zero-order valence-corrected chi connectivity index (χ0v) is 19.6. The molecule has 0 aromatic heterocycles. The number of alkyl halides is 1. The van der Waals surface area contributed by atoms with Crippen LogP contribution in [0.15, 0.2) is 47.4 Å². The number of hydrogen-bond acceptors (Lipinski definition) is 2. The van der Waals surface area contributed by atoms with Crippen molar-refractivity contribution in [3.63, 3.8) is 0 Å². The molecule has 1 aromatic carbocycles. The van der Waals surface area contributed by atoms with Crippen molar-refractivity contribution in [1.82, 2.24) is 0 Å². The third-order valence-corrected chi connectivity index (χ3v) is 6.82. The van der Waals surface area contributed by atoms with Gasteiger partial charge in [0.1, 0.15) is 5.75 Å². The maximum atomic E-state index is 6.19. The molecular formula is C25H35ClOS. The standard InChI is InChI=1S/C25H35ClOS/c1-7-18(4)11-12-20(16-26)13-19(5)22-14-23(21-9-8-10-21)25(28-17(2)3)24(15-22)27-6/h11-15,17-18,21H,5,7-10,16H2,1-4,6H3/b12-11-,20-13+. The summed E-state index contributed by atoms with van der Waals surface area (Å²) in [4.78, 5) is 1.30. The molecule has 1 aliphatic rings. The van der Waals surface area contributed by atoms with Crippen molar-refractivity contribution in [3.8, 4) is 5.75 Å². The van der Waals surface area contributed by atoms with Crippen molar-refractivity contribution in [3.05, 3.63) is 53.6 Å². The third-order valence-electron chi connectivity index (χ3n) is 5.37. The Hall–Kier alpha value is -1.12. The Morgan fingerprint density at radius 3 is 2.54 bits per heavy atom. The summed E-state index contributed by atoms with van der Waals surface area (Å²) in [5.74, 6) is 2.65. The van der Waals surface area contributed by atoms with Crippen molar-refractivity contribution in [1.29, 1.82) is 0 Å². The predicted molar refractivity (Wildman–Crippen MR) is 127 cm³/mol. The average Bonchev–Trinajstić information content (AvgIpc) is 2.63. The van der Waals surface area contributed by atoms with E-state index in [2.05, 4.69) is 64.6 Å². The van der Waals surface area contributed by atoms with Crippen LogP contribution >= 0.6 is 23.4 Å². The van der Waals surface area contributed by atoms with E-state index in [0.29, 0.717) is 23.0 Å². The van der Waals surface area contributed by atoms with Crippen LogP contribution in [0.2, 0.25) is 0 Å². The molecule has 1 fully saturated rings. The minimum absolute atomic E-state index is 0.486. The maximum absolute atomic E-state index is 6.19. The van der Waals surface area contributed by atoms with Gasteiger partial charge in [0, 0.05) is 11.1 Å². The Kier molecular flexibility index (Phi) is 9.24. The van der Waals surface area contributed by atoms with E-state index in [1.165, 1.54) is 29.7 Å². The minimum atomic E-state index is 0.486. The lowest BCUT2D eigenvalue weighted by atomic mass is 9.79. The smallest absolute Gasteiger partial charge is 0.133 e. The SMILES string of the molecule is C=C(/C=C(\C=C/C(C)CC)CCl)c1cc(OC)c(SC(C)C)c(C2CCC2)c1. The molecule has 0 N–H and O–H groups in total. The number of benzene rings is 1. The monoisotopic (exact) mass is 418 g/mol. The number of methoxy groups -OCH3 is 1. The van der Waals surface area contributed by atoms with E-state index in [0.717, 1.165) is 28.9 Å². The summed E-state index contributed by atoms with van der Waals surface area (Å²) in [6, 6.07) is 4.47. The summed E-state index contributed by atoms with van der Waals surface area (Å²) in [7, 11) is 1.77. The van der Waals surface area contributed by atoms with Crippen LogP contribution in [0.3, 0.4) is 0 Å². The first-order chi connectivity index (χ1) is 13.4. The fourth-order valence-electron chi connectivity index (χ4n) is 3.21. The Bertz CT molecular complexity index is 728. The average molecular weight is 419 g/mol. The number of allylic oxidation sites excluding steroid dienone is 5. The molecule has 0 bridgehead atoms. The van der Waals surface area contributed by atoms with Gasteiger partial charge in [-0.15, -0.1) is 23.4 Å². The normalized spacial score (nSPS) is 16.5. The molecule has 28 heavy (non-hydrogen) atoms. The fourth-order valence-corrected chi connectivity index (χ4v) is 4.47. The first kappa shape index (κ1) is 23.2. The Morgan fingerprint density at radius 1 is 1.32 bits per heavy atom. The molecule has 0 amide bonds. The van der Waals surface area contributed by atoms with E-state index in [1.807, 2.05) is 11.8 Å². The Labute approximate surface area is 181 Å². The summed E-state index contributed by atoms with van der Waals surface area (Å²) < 4.78 is 5.80. The molecule has 0 aliphatic heterocycles. The first-order valence-corrected chi connectivity index (χ1v) is 11.8. The molecule has 2 rings (SSSR count). The quantitative estimate of drug-likeness (QED) is 0.215. The lowest BCUT2D eigenvalue weighted by molar-refractivity contribution is 0.388. The van der Waals surface area contributed by atoms with Crippen molar-refractivity contribution >= 4 is 28.9 Å². The fraction of sp³-hybridized carbons (Fsp3) is 0.520. The zero-order valence-electron chi connectivity index (χ0n) is 18.1. The van der Waals surface area contributed by atoms with Gasteiger partial charge < -0.3 is 4.74 Å². The Balaban J connectivity index is 2.39. The van der Waals surface area contributed by atoms with Crippen molar-refractivity contribution in [2.24, 2.45) is 5.92 Å². The number of ether oxygens (including phenoxy) is 1. The molecular weight excluding hydrogens is 384 g/mol. The maximum Gasteiger partial charge on any atom is 0.133 e. The van der Waals surface area contributed by atoms with Gasteiger partial charge in [-0.25, -0.2) is 0 Å². The van der Waals surface area contributed by atoms with Gasteiger partial charge in [0.2, 0.25) is 0 Å². The topological polar surface area (TPSA) is 9.23 Å². The van der Waals surface area contributed by atoms with E-state index in [4.69, 9.17) is 16.3 Å². The van der Waals surface area contributed by atoms with Gasteiger partial charge in [-0.3, -0.25) is 0 Å². The summed E-state index contributed by atoms with van der Waals surface area (Å²) in [6.45, 7) is 13.2. The summed E-state index contributed by atoms with van der Waals surface area (Å²) in [5, 5.41) is 0.523. The molecule has 0 spiro atoms. The number of halogens is 1. The molecule has 1 saturated carbocycles. The molecule has 0 heterocycles. The van der Waals surface area contributed by atoms with E-state index in [1.54, 1.807) is 7.11 Å². The van der Waals surface area contributed by atoms with Gasteiger partial charge in [-0.05, 0) is 59.1 Å². The second kappa shape index (κ2) is 11.2. The number of rotatable bonds is 10. The minimum Gasteiger partial charge on any atom is -0.496 e. The highest BCUT2D eigenvalue weighted by atomic mass is 35.5. The molecule has 1 atom stereocenters. The number of thioether (sulfide) groups is 1. The van der Waals surface area contributed by atoms with Crippen molar-refractivity contribution < 1.29 is 4.74 Å². The molecule has 1 aliphatic carbocycles. The van der Waals surface area contributed by atoms with Crippen LogP contribution in [-0.4, -0.2) is 18.2 Å². The summed E-state index contributed by atoms with van der Waals surface area (Å²) >= 11 is 8.10. The van der Waals surface area contributed by atoms with Crippen LogP contribution in [0.25, 0.3) is 5.57 Å². The molecule has 1 aromatic rings. The third kappa shape index (κ3) is 6.19. The van der Waals surface area contributed by atoms with Crippen LogP contribution < -0.4 is 4.74 Å². The molecule has 3 heteroatoms. The lowest BCUT2D eigenvalue weighted by Crippen LogP contribution is -2.11. The van der Waals surface area contributed by atoms with E-state index in [9.17, 15) is 0 Å². The van der Waals surface area contributed by atoms with E-state index < -0.39 is 0 Å². The van der Waals surface area contributed by atoms with Crippen LogP contribution in [0.4, 0.5) is 0 Å². The van der Waals surface area contributed by atoms with E-state index >= 15 is 0 Å². The highest BCUT2D eigenvalue weighted by Gasteiger charge is 2.26. The highest BCUT2D eigenvalue weighted by Crippen LogP contribution is 2.46. The van der Waals surface area contributed by atoms with Gasteiger partial charge in [-0.2, -0.15) is 0 Å². The molecule has 0 radical (unpaired) electrons. The molecule has 0 saturated heterocycles. The van der Waals surface area contributed by atoms with Crippen LogP contribution in [0, 0.1) is 5.92 Å². The van der Waals surface area contributed by atoms with Gasteiger partial charge >= 0.3 is 0 Å². The number of hydrogen-bond donors (Lipinski definition) is 0. The van der Waals surface area contributed by atoms with Gasteiger partial charge in [0.05, 0.1) is 12.0 Å². The van der Waals surface area contributed by atoms with Crippen LogP contribution in [0.5, 0.6) is 5.75 Å². The van der Waals surface area contributed by atoms with Crippen molar-refractivity contribution in [2.75, 3.05) is 13.0 Å². The summed E-state index contributed by atoms with van der Waals surface area (Å²) in [6.07, 6.45) is 11.5. The van der Waals surface area contributed by atoms with Gasteiger partial charge in [0.25, 0.3) is 0 Å². The largest absolute Gasteiger partial charge is 0.496 e. The van der Waals surface area contributed by atoms with Crippen LogP contribution in [0.1, 0.15) is 70.4 Å². The second-order valence-corrected chi connectivity index (χ2v) is 9.87. The Morgan fingerprint density at radius 2 is 2.04 bits per heavy atom. The molecule has 1 unspecified atom stereocenters. The predicted octanol–water partition coefficient (Wildman–Crippen LogP) is 8.24.